The molecule has 1 spiro atoms. The Morgan fingerprint density at radius 3 is 2.73 bits per heavy atom. The minimum Gasteiger partial charge on any atom is -0.479 e. The first-order chi connectivity index (χ1) is 7.11. The number of aliphatic hydroxyl groups is 1. The minimum atomic E-state index is -1.33. The summed E-state index contributed by atoms with van der Waals surface area (Å²) in [5, 5.41) is 17.8. The van der Waals surface area contributed by atoms with E-state index in [1.165, 1.54) is 0 Å². The molecule has 86 valence electrons. The highest BCUT2D eigenvalue weighted by Crippen LogP contribution is 2.30. The third-order valence-electron chi connectivity index (χ3n) is 2.80. The van der Waals surface area contributed by atoms with Gasteiger partial charge in [-0.15, -0.1) is 0 Å². The highest BCUT2D eigenvalue weighted by molar-refractivity contribution is 5.72. The van der Waals surface area contributed by atoms with Gasteiger partial charge in [0.05, 0.1) is 19.8 Å². The maximum Gasteiger partial charge on any atom is 0.333 e. The van der Waals surface area contributed by atoms with E-state index in [1.807, 2.05) is 4.90 Å². The molecule has 0 amide bonds. The molecule has 2 fully saturated rings. The van der Waals surface area contributed by atoms with Crippen LogP contribution in [0.1, 0.15) is 6.42 Å². The van der Waals surface area contributed by atoms with Crippen LogP contribution in [0.25, 0.3) is 0 Å². The summed E-state index contributed by atoms with van der Waals surface area (Å²) in [5.41, 5.74) is 0. The van der Waals surface area contributed by atoms with Gasteiger partial charge in [0.2, 0.25) is 0 Å². The maximum absolute atomic E-state index is 10.5. The van der Waals surface area contributed by atoms with Gasteiger partial charge in [-0.2, -0.15) is 0 Å². The molecule has 2 heterocycles. The number of likely N-dealkylation sites (tertiary alicyclic amines) is 1. The number of rotatable bonds is 3. The fourth-order valence-corrected chi connectivity index (χ4v) is 2.04. The van der Waals surface area contributed by atoms with Crippen molar-refractivity contribution in [3.8, 4) is 0 Å². The van der Waals surface area contributed by atoms with Gasteiger partial charge in [-0.25, -0.2) is 4.79 Å². The van der Waals surface area contributed by atoms with E-state index in [0.717, 1.165) is 6.42 Å². The van der Waals surface area contributed by atoms with E-state index < -0.39 is 17.9 Å². The largest absolute Gasteiger partial charge is 0.479 e. The molecule has 0 aromatic carbocycles. The molecule has 0 aromatic rings. The zero-order valence-electron chi connectivity index (χ0n) is 8.39. The van der Waals surface area contributed by atoms with Gasteiger partial charge in [0.1, 0.15) is 0 Å². The molecule has 2 rings (SSSR count). The summed E-state index contributed by atoms with van der Waals surface area (Å²) in [6.45, 7) is 2.55. The molecule has 2 aliphatic rings. The van der Waals surface area contributed by atoms with Crippen LogP contribution in [-0.4, -0.2) is 65.8 Å². The normalized spacial score (nSPS) is 27.3. The first-order valence-electron chi connectivity index (χ1n) is 5.02. The Balaban J connectivity index is 1.84. The quantitative estimate of drug-likeness (QED) is 0.623. The predicted molar refractivity (Wildman–Crippen MR) is 49.3 cm³/mol. The first-order valence-corrected chi connectivity index (χ1v) is 5.02. The number of aliphatic carboxylic acids is 1. The summed E-state index contributed by atoms with van der Waals surface area (Å²) in [7, 11) is 0. The Kier molecular flexibility index (Phi) is 2.92. The van der Waals surface area contributed by atoms with Gasteiger partial charge in [-0.1, -0.05) is 0 Å². The van der Waals surface area contributed by atoms with E-state index in [0.29, 0.717) is 26.3 Å². The van der Waals surface area contributed by atoms with Gasteiger partial charge in [0.25, 0.3) is 0 Å². The van der Waals surface area contributed by atoms with Crippen molar-refractivity contribution in [3.63, 3.8) is 0 Å². The van der Waals surface area contributed by atoms with Crippen LogP contribution >= 0.6 is 0 Å². The highest BCUT2D eigenvalue weighted by atomic mass is 16.7. The summed E-state index contributed by atoms with van der Waals surface area (Å²) >= 11 is 0. The zero-order chi connectivity index (χ0) is 10.9. The van der Waals surface area contributed by atoms with Crippen LogP contribution in [0.5, 0.6) is 0 Å². The summed E-state index contributed by atoms with van der Waals surface area (Å²) in [6.07, 6.45) is -0.596. The van der Waals surface area contributed by atoms with Crippen LogP contribution in [0.3, 0.4) is 0 Å². The number of nitrogens with zero attached hydrogens (tertiary/aromatic N) is 1. The number of aliphatic hydroxyl groups excluding tert-OH is 1. The number of hydrogen-bond donors (Lipinski definition) is 2. The Morgan fingerprint density at radius 1 is 1.47 bits per heavy atom. The third kappa shape index (κ3) is 2.28. The van der Waals surface area contributed by atoms with E-state index in [4.69, 9.17) is 14.6 Å². The molecule has 1 atom stereocenters. The average Bonchev–Trinajstić information content (AvgIpc) is 2.78. The summed E-state index contributed by atoms with van der Waals surface area (Å²) in [4.78, 5) is 12.3. The van der Waals surface area contributed by atoms with Gasteiger partial charge in [-0.05, 0) is 0 Å². The Labute approximate surface area is 87.4 Å². The van der Waals surface area contributed by atoms with Crippen molar-refractivity contribution < 1.29 is 24.5 Å². The lowest BCUT2D eigenvalue weighted by atomic mass is 10.2. The number of carboxylic acid groups (broad SMARTS) is 1. The molecule has 0 aromatic heterocycles. The molecule has 1 unspecified atom stereocenters. The van der Waals surface area contributed by atoms with E-state index >= 15 is 0 Å². The molecule has 0 aliphatic carbocycles. The van der Waals surface area contributed by atoms with Gasteiger partial charge in [0, 0.05) is 19.5 Å². The van der Waals surface area contributed by atoms with Crippen LogP contribution in [0.4, 0.5) is 0 Å². The van der Waals surface area contributed by atoms with Crippen LogP contribution in [0, 0.1) is 0 Å². The molecule has 0 radical (unpaired) electrons. The highest BCUT2D eigenvalue weighted by Gasteiger charge is 2.43. The molecule has 2 aliphatic heterocycles. The van der Waals surface area contributed by atoms with Crippen LogP contribution < -0.4 is 0 Å². The number of carboxylic acids is 1. The van der Waals surface area contributed by atoms with Crippen LogP contribution in [0.15, 0.2) is 0 Å². The lowest BCUT2D eigenvalue weighted by Gasteiger charge is -2.22. The molecule has 0 bridgehead atoms. The minimum absolute atomic E-state index is 0.129. The monoisotopic (exact) mass is 217 g/mol. The summed E-state index contributed by atoms with van der Waals surface area (Å²) in [6, 6.07) is 0. The molecule has 6 nitrogen and oxygen atoms in total. The summed E-state index contributed by atoms with van der Waals surface area (Å²) < 4.78 is 11.0. The van der Waals surface area contributed by atoms with E-state index in [1.54, 1.807) is 0 Å². The van der Waals surface area contributed by atoms with E-state index in [-0.39, 0.29) is 6.54 Å². The molecule has 6 heteroatoms. The lowest BCUT2D eigenvalue weighted by Crippen LogP contribution is -2.39. The van der Waals surface area contributed by atoms with Crippen molar-refractivity contribution in [2.45, 2.75) is 18.3 Å². The van der Waals surface area contributed by atoms with Crippen molar-refractivity contribution in [3.05, 3.63) is 0 Å². The predicted octanol–water partition coefficient (Wildman–Crippen LogP) is -1.12. The molecule has 15 heavy (non-hydrogen) atoms. The second-order valence-electron chi connectivity index (χ2n) is 3.95. The molecule has 2 N–H and O–H groups in total. The molecule has 0 saturated carbocycles. The number of carbonyl (C=O) groups is 1. The Morgan fingerprint density at radius 2 is 2.13 bits per heavy atom. The topological polar surface area (TPSA) is 79.2 Å². The Hall–Kier alpha value is -0.690. The van der Waals surface area contributed by atoms with Crippen molar-refractivity contribution >= 4 is 5.97 Å². The van der Waals surface area contributed by atoms with E-state index in [9.17, 15) is 9.90 Å². The molecular weight excluding hydrogens is 202 g/mol. The average molecular weight is 217 g/mol. The molecular formula is C9H15NO5. The second-order valence-corrected chi connectivity index (χ2v) is 3.95. The third-order valence-corrected chi connectivity index (χ3v) is 2.80. The van der Waals surface area contributed by atoms with Gasteiger partial charge in [0.15, 0.2) is 11.9 Å². The van der Waals surface area contributed by atoms with Gasteiger partial charge >= 0.3 is 5.97 Å². The van der Waals surface area contributed by atoms with Crippen molar-refractivity contribution in [1.29, 1.82) is 0 Å². The SMILES string of the molecule is O=C(O)C(O)CN1CCC2(C1)OCCO2. The molecule has 2 saturated heterocycles. The first kappa shape index (κ1) is 10.8. The smallest absolute Gasteiger partial charge is 0.333 e. The Bertz CT molecular complexity index is 251. The zero-order valence-corrected chi connectivity index (χ0v) is 8.39. The number of hydrogen-bond acceptors (Lipinski definition) is 5. The van der Waals surface area contributed by atoms with E-state index in [2.05, 4.69) is 0 Å². The number of β-amino-alcohol motifs (C(OH)–C–C–N with tert-alkyl or cyclic N) is 1. The van der Waals surface area contributed by atoms with Crippen LogP contribution in [-0.2, 0) is 14.3 Å². The van der Waals surface area contributed by atoms with Crippen LogP contribution in [0.2, 0.25) is 0 Å². The van der Waals surface area contributed by atoms with Crippen molar-refractivity contribution in [1.82, 2.24) is 4.90 Å². The van der Waals surface area contributed by atoms with Gasteiger partial charge in [-0.3, -0.25) is 4.90 Å². The standard InChI is InChI=1S/C9H15NO5/c11-7(8(12)13)5-10-2-1-9(6-10)14-3-4-15-9/h7,11H,1-6H2,(H,12,13). The fraction of sp³-hybridized carbons (Fsp3) is 0.889. The second kappa shape index (κ2) is 4.05. The van der Waals surface area contributed by atoms with Crippen molar-refractivity contribution in [2.24, 2.45) is 0 Å². The summed E-state index contributed by atoms with van der Waals surface area (Å²) in [5.74, 6) is -1.73. The maximum atomic E-state index is 10.5. The van der Waals surface area contributed by atoms with Gasteiger partial charge < -0.3 is 19.7 Å². The fourth-order valence-electron chi connectivity index (χ4n) is 2.04. The van der Waals surface area contributed by atoms with Crippen molar-refractivity contribution in [2.75, 3.05) is 32.8 Å². The lowest BCUT2D eigenvalue weighted by molar-refractivity contribution is -0.152. The number of ether oxygens (including phenoxy) is 2.